The topological polar surface area (TPSA) is 198 Å². The zero-order valence-electron chi connectivity index (χ0n) is 29.3. The molecule has 1 aliphatic heterocycles. The molecule has 1 unspecified atom stereocenters. The lowest BCUT2D eigenvalue weighted by Gasteiger charge is -2.29. The van der Waals surface area contributed by atoms with Crippen LogP contribution in [0.1, 0.15) is 36.5 Å². The van der Waals surface area contributed by atoms with Crippen LogP contribution < -0.4 is 10.5 Å². The van der Waals surface area contributed by atoms with E-state index in [9.17, 15) is 14.7 Å². The minimum Gasteiger partial charge on any atom is -0.508 e. The average Bonchev–Trinajstić information content (AvgIpc) is 3.16. The maximum absolute atomic E-state index is 12.7. The van der Waals surface area contributed by atoms with E-state index >= 15 is 0 Å². The van der Waals surface area contributed by atoms with Crippen molar-refractivity contribution in [2.45, 2.75) is 19.8 Å². The van der Waals surface area contributed by atoms with Crippen LogP contribution in [0.25, 0.3) is 27.9 Å². The Labute approximate surface area is 310 Å². The highest BCUT2D eigenvalue weighted by Crippen LogP contribution is 2.45. The molecular weight excluding hydrogens is 688 g/mol. The molecule has 0 saturated heterocycles. The van der Waals surface area contributed by atoms with Crippen LogP contribution in [-0.4, -0.2) is 50.4 Å². The van der Waals surface area contributed by atoms with Crippen LogP contribution in [-0.2, 0) is 19.1 Å². The Morgan fingerprint density at radius 2 is 1.39 bits per heavy atom. The predicted octanol–water partition coefficient (Wildman–Crippen LogP) is 7.00. The van der Waals surface area contributed by atoms with Gasteiger partial charge in [-0.3, -0.25) is 9.97 Å². The van der Waals surface area contributed by atoms with Crippen molar-refractivity contribution in [2.24, 2.45) is 5.73 Å². The average molecular weight is 725 g/mol. The Bertz CT molecular complexity index is 2390. The van der Waals surface area contributed by atoms with Gasteiger partial charge in [0.25, 0.3) is 0 Å². The fourth-order valence-electron chi connectivity index (χ4n) is 5.68. The van der Waals surface area contributed by atoms with Gasteiger partial charge < -0.3 is 35.3 Å². The predicted molar refractivity (Wildman–Crippen MR) is 202 cm³/mol. The van der Waals surface area contributed by atoms with Crippen LogP contribution in [0, 0.1) is 11.3 Å². The number of benzene rings is 4. The van der Waals surface area contributed by atoms with Crippen molar-refractivity contribution >= 4 is 39.8 Å². The number of hydrogen-bond acceptors (Lipinski definition) is 12. The first-order valence-electron chi connectivity index (χ1n) is 16.8. The van der Waals surface area contributed by atoms with Crippen molar-refractivity contribution in [2.75, 3.05) is 13.2 Å². The van der Waals surface area contributed by atoms with Gasteiger partial charge in [0.1, 0.15) is 40.2 Å². The summed E-state index contributed by atoms with van der Waals surface area (Å²) < 4.78 is 15.7. The summed E-state index contributed by atoms with van der Waals surface area (Å²) in [7, 11) is 0. The Kier molecular flexibility index (Phi) is 12.4. The highest BCUT2D eigenvalue weighted by Gasteiger charge is 2.36. The molecule has 1 aliphatic rings. The summed E-state index contributed by atoms with van der Waals surface area (Å²) in [4.78, 5) is 32.9. The number of aromatic hydroxyl groups is 3. The molecule has 0 radical (unpaired) electrons. The number of aromatic nitrogens is 2. The van der Waals surface area contributed by atoms with E-state index in [1.807, 2.05) is 60.7 Å². The number of para-hydroxylation sites is 2. The van der Waals surface area contributed by atoms with Gasteiger partial charge in [-0.25, -0.2) is 9.59 Å². The van der Waals surface area contributed by atoms with Crippen LogP contribution >= 0.6 is 0 Å². The molecule has 7 rings (SSSR count). The lowest BCUT2D eigenvalue weighted by molar-refractivity contribution is -0.139. The standard InChI is InChI=1S/C21H18N2O4.C15H12N2O2.C6H6O2/c1-2-26-21(25)19-18(14-9-10-23-16-6-4-3-5-13(14)16)15-8-7-12(24)11-17(15)27-20(19)22;1-2-19-15(18)12(10-16)9-11-7-8-17-14-6-4-3-5-13(11)14;7-5-2-1-3-6(8)4-5/h3-11,18,24H,2,22H2,1H3;3-9H,2H2,1H3;1-4,7-8H/b;12-9-;. The number of nitrogens with two attached hydrogens (primary N) is 1. The summed E-state index contributed by atoms with van der Waals surface area (Å²) in [5, 5.41) is 37.9. The van der Waals surface area contributed by atoms with Gasteiger partial charge in [0.15, 0.2) is 0 Å². The number of rotatable bonds is 6. The molecule has 5 N–H and O–H groups in total. The molecule has 0 fully saturated rings. The SMILES string of the molecule is CCOC(=O)/C(C#N)=C\c1ccnc2ccccc12.CCOC(=O)C1=C(N)Oc2cc(O)ccc2C1c1ccnc2ccccc12.Oc1cccc(O)c1. The third kappa shape index (κ3) is 8.90. The molecule has 0 saturated carbocycles. The van der Waals surface area contributed by atoms with E-state index < -0.39 is 17.9 Å². The molecule has 3 heterocycles. The van der Waals surface area contributed by atoms with E-state index in [4.69, 9.17) is 35.4 Å². The van der Waals surface area contributed by atoms with Gasteiger partial charge in [-0.05, 0) is 73.5 Å². The van der Waals surface area contributed by atoms with Crippen LogP contribution in [0.15, 0.2) is 133 Å². The summed E-state index contributed by atoms with van der Waals surface area (Å²) in [5.74, 6) is -1.02. The molecule has 54 heavy (non-hydrogen) atoms. The Hall–Kier alpha value is -7.39. The van der Waals surface area contributed by atoms with E-state index in [0.29, 0.717) is 5.75 Å². The highest BCUT2D eigenvalue weighted by atomic mass is 16.5. The largest absolute Gasteiger partial charge is 0.508 e. The minimum atomic E-state index is -0.606. The van der Waals surface area contributed by atoms with Crippen LogP contribution in [0.3, 0.4) is 0 Å². The van der Waals surface area contributed by atoms with Crippen molar-refractivity contribution in [3.05, 3.63) is 149 Å². The molecule has 1 atom stereocenters. The number of phenols is 3. The molecule has 272 valence electrons. The second-order valence-electron chi connectivity index (χ2n) is 11.5. The molecule has 0 bridgehead atoms. The molecular formula is C42H36N4O8. The summed E-state index contributed by atoms with van der Waals surface area (Å²) in [6.07, 6.45) is 4.88. The van der Waals surface area contributed by atoms with Gasteiger partial charge in [-0.2, -0.15) is 5.26 Å². The lowest BCUT2D eigenvalue weighted by atomic mass is 9.81. The number of carbonyl (C=O) groups excluding carboxylic acids is 2. The first-order valence-corrected chi connectivity index (χ1v) is 16.8. The van der Waals surface area contributed by atoms with Crippen LogP contribution in [0.2, 0.25) is 0 Å². The van der Waals surface area contributed by atoms with Crippen LogP contribution in [0.5, 0.6) is 23.0 Å². The summed E-state index contributed by atoms with van der Waals surface area (Å²) in [6, 6.07) is 31.4. The van der Waals surface area contributed by atoms with E-state index in [-0.39, 0.29) is 47.5 Å². The second-order valence-corrected chi connectivity index (χ2v) is 11.5. The van der Waals surface area contributed by atoms with Gasteiger partial charge >= 0.3 is 11.9 Å². The van der Waals surface area contributed by atoms with Gasteiger partial charge in [0.2, 0.25) is 5.88 Å². The van der Waals surface area contributed by atoms with E-state index in [1.54, 1.807) is 50.5 Å². The van der Waals surface area contributed by atoms with Crippen LogP contribution in [0.4, 0.5) is 0 Å². The second kappa shape index (κ2) is 17.7. The minimum absolute atomic E-state index is 0.0156. The molecule has 0 spiro atoms. The number of ether oxygens (including phenoxy) is 3. The molecule has 12 nitrogen and oxygen atoms in total. The summed E-state index contributed by atoms with van der Waals surface area (Å²) in [5.41, 5.74) is 10.3. The quantitative estimate of drug-likeness (QED) is 0.0780. The normalized spacial score (nSPS) is 13.2. The number of fused-ring (bicyclic) bond motifs is 3. The van der Waals surface area contributed by atoms with Crippen molar-refractivity contribution in [3.63, 3.8) is 0 Å². The third-order valence-corrected chi connectivity index (χ3v) is 8.00. The fourth-order valence-corrected chi connectivity index (χ4v) is 5.68. The number of nitriles is 1. The zero-order chi connectivity index (χ0) is 38.6. The van der Waals surface area contributed by atoms with Crippen molar-refractivity contribution in [1.82, 2.24) is 9.97 Å². The number of hydrogen-bond donors (Lipinski definition) is 4. The Morgan fingerprint density at radius 3 is 2.02 bits per heavy atom. The number of nitrogens with zero attached hydrogens (tertiary/aromatic N) is 3. The van der Waals surface area contributed by atoms with Gasteiger partial charge in [0, 0.05) is 40.9 Å². The highest BCUT2D eigenvalue weighted by molar-refractivity contribution is 6.00. The van der Waals surface area contributed by atoms with E-state index in [0.717, 1.165) is 38.5 Å². The smallest absolute Gasteiger partial charge is 0.348 e. The molecule has 0 amide bonds. The van der Waals surface area contributed by atoms with Gasteiger partial charge in [0.05, 0.1) is 30.2 Å². The Morgan fingerprint density at radius 1 is 0.778 bits per heavy atom. The number of pyridine rings is 2. The zero-order valence-corrected chi connectivity index (χ0v) is 29.3. The maximum atomic E-state index is 12.7. The number of carbonyl (C=O) groups is 2. The molecule has 12 heteroatoms. The summed E-state index contributed by atoms with van der Waals surface area (Å²) >= 11 is 0. The van der Waals surface area contributed by atoms with E-state index in [1.165, 1.54) is 30.3 Å². The summed E-state index contributed by atoms with van der Waals surface area (Å²) in [6.45, 7) is 3.91. The number of phenolic OH excluding ortho intramolecular Hbond substituents is 3. The molecule has 0 aliphatic carbocycles. The first kappa shape index (κ1) is 37.9. The van der Waals surface area contributed by atoms with Gasteiger partial charge in [-0.1, -0.05) is 48.5 Å². The van der Waals surface area contributed by atoms with Gasteiger partial charge in [-0.15, -0.1) is 0 Å². The fraction of sp³-hybridized carbons (Fsp3) is 0.119. The van der Waals surface area contributed by atoms with Crippen molar-refractivity contribution < 1.29 is 39.1 Å². The molecule has 6 aromatic rings. The molecule has 2 aromatic heterocycles. The first-order chi connectivity index (χ1) is 26.1. The van der Waals surface area contributed by atoms with Crippen molar-refractivity contribution in [3.8, 4) is 29.1 Å². The van der Waals surface area contributed by atoms with Crippen molar-refractivity contribution in [1.29, 1.82) is 5.26 Å². The molecule has 4 aromatic carbocycles. The monoisotopic (exact) mass is 724 g/mol. The number of esters is 2. The van der Waals surface area contributed by atoms with E-state index in [2.05, 4.69) is 9.97 Å². The lowest BCUT2D eigenvalue weighted by Crippen LogP contribution is -2.27. The maximum Gasteiger partial charge on any atom is 0.348 e. The third-order valence-electron chi connectivity index (χ3n) is 8.00. The Balaban J connectivity index is 0.000000179.